The Kier molecular flexibility index (Phi) is 4.77. The fraction of sp³-hybridized carbons (Fsp3) is 0.267. The molecule has 0 spiro atoms. The number of H-pyrrole nitrogens is 1. The van der Waals surface area contributed by atoms with E-state index in [-0.39, 0.29) is 24.5 Å². The van der Waals surface area contributed by atoms with E-state index in [1.54, 1.807) is 38.2 Å². The molecule has 116 valence electrons. The van der Waals surface area contributed by atoms with Crippen molar-refractivity contribution in [2.24, 2.45) is 0 Å². The number of fused-ring (bicyclic) bond motifs is 1. The molecular formula is C15H16N2O5. The van der Waals surface area contributed by atoms with Gasteiger partial charge in [0.05, 0.1) is 24.5 Å². The summed E-state index contributed by atoms with van der Waals surface area (Å²) in [6.45, 7) is 3.58. The van der Waals surface area contributed by atoms with Crippen molar-refractivity contribution in [2.45, 2.75) is 13.8 Å². The number of amides is 1. The van der Waals surface area contributed by atoms with Gasteiger partial charge in [-0.1, -0.05) is 0 Å². The standard InChI is InChI=1S/C15H16N2O5/c1-3-21-14(19)10-7-9-5-6-16-11(9)8-12(10)17-13(18)15(20)22-4-2/h5-8,16H,3-4H2,1-2H3,(H,17,18). The summed E-state index contributed by atoms with van der Waals surface area (Å²) in [6.07, 6.45) is 1.70. The van der Waals surface area contributed by atoms with Crippen molar-refractivity contribution in [2.75, 3.05) is 18.5 Å². The maximum absolute atomic E-state index is 12.0. The van der Waals surface area contributed by atoms with Gasteiger partial charge in [0.15, 0.2) is 0 Å². The van der Waals surface area contributed by atoms with Gasteiger partial charge >= 0.3 is 17.8 Å². The molecule has 0 saturated heterocycles. The van der Waals surface area contributed by atoms with Crippen LogP contribution in [0.3, 0.4) is 0 Å². The number of rotatable bonds is 4. The molecule has 0 fully saturated rings. The number of carbonyl (C=O) groups is 3. The monoisotopic (exact) mass is 304 g/mol. The maximum atomic E-state index is 12.0. The van der Waals surface area contributed by atoms with Gasteiger partial charge in [-0.25, -0.2) is 9.59 Å². The molecule has 0 bridgehead atoms. The van der Waals surface area contributed by atoms with Gasteiger partial charge in [-0.05, 0) is 32.0 Å². The van der Waals surface area contributed by atoms with Gasteiger partial charge in [0.2, 0.25) is 0 Å². The molecule has 1 aromatic heterocycles. The number of ether oxygens (including phenoxy) is 2. The average Bonchev–Trinajstić information content (AvgIpc) is 2.94. The van der Waals surface area contributed by atoms with Crippen LogP contribution in [0.4, 0.5) is 5.69 Å². The quantitative estimate of drug-likeness (QED) is 0.663. The van der Waals surface area contributed by atoms with Crippen LogP contribution in [0.25, 0.3) is 10.9 Å². The third-order valence-corrected chi connectivity index (χ3v) is 2.90. The molecule has 2 rings (SSSR count). The minimum absolute atomic E-state index is 0.0899. The van der Waals surface area contributed by atoms with Gasteiger partial charge in [-0.2, -0.15) is 0 Å². The fourth-order valence-corrected chi connectivity index (χ4v) is 1.95. The van der Waals surface area contributed by atoms with Gasteiger partial charge in [0, 0.05) is 17.1 Å². The van der Waals surface area contributed by atoms with E-state index in [0.717, 1.165) is 5.39 Å². The van der Waals surface area contributed by atoms with Crippen molar-refractivity contribution in [3.8, 4) is 0 Å². The first-order chi connectivity index (χ1) is 10.6. The average molecular weight is 304 g/mol. The molecule has 1 heterocycles. The van der Waals surface area contributed by atoms with Crippen LogP contribution in [0.1, 0.15) is 24.2 Å². The fourth-order valence-electron chi connectivity index (χ4n) is 1.95. The molecule has 0 unspecified atom stereocenters. The number of hydrogen-bond donors (Lipinski definition) is 2. The summed E-state index contributed by atoms with van der Waals surface area (Å²) >= 11 is 0. The molecule has 1 amide bonds. The lowest BCUT2D eigenvalue weighted by Crippen LogP contribution is -2.26. The van der Waals surface area contributed by atoms with E-state index in [0.29, 0.717) is 5.52 Å². The molecule has 0 saturated carbocycles. The smallest absolute Gasteiger partial charge is 0.397 e. The summed E-state index contributed by atoms with van der Waals surface area (Å²) in [6, 6.07) is 4.94. The molecule has 2 aromatic rings. The van der Waals surface area contributed by atoms with E-state index in [9.17, 15) is 14.4 Å². The summed E-state index contributed by atoms with van der Waals surface area (Å²) in [4.78, 5) is 38.1. The van der Waals surface area contributed by atoms with Gasteiger partial charge in [0.25, 0.3) is 0 Å². The zero-order valence-electron chi connectivity index (χ0n) is 12.3. The number of benzene rings is 1. The molecule has 1 aromatic carbocycles. The van der Waals surface area contributed by atoms with Gasteiger partial charge in [0.1, 0.15) is 0 Å². The van der Waals surface area contributed by atoms with Crippen LogP contribution in [-0.4, -0.2) is 36.0 Å². The molecule has 7 heteroatoms. The van der Waals surface area contributed by atoms with Crippen LogP contribution in [0.2, 0.25) is 0 Å². The van der Waals surface area contributed by atoms with Crippen molar-refractivity contribution in [1.29, 1.82) is 0 Å². The Balaban J connectivity index is 2.37. The molecule has 0 radical (unpaired) electrons. The van der Waals surface area contributed by atoms with Gasteiger partial charge in [-0.15, -0.1) is 0 Å². The number of carbonyl (C=O) groups excluding carboxylic acids is 3. The van der Waals surface area contributed by atoms with Crippen molar-refractivity contribution in [3.05, 3.63) is 30.0 Å². The van der Waals surface area contributed by atoms with Crippen LogP contribution in [0.15, 0.2) is 24.4 Å². The number of hydrogen-bond acceptors (Lipinski definition) is 5. The maximum Gasteiger partial charge on any atom is 0.397 e. The predicted octanol–water partition coefficient (Wildman–Crippen LogP) is 1.85. The number of esters is 2. The van der Waals surface area contributed by atoms with Crippen LogP contribution in [0.5, 0.6) is 0 Å². The lowest BCUT2D eigenvalue weighted by molar-refractivity contribution is -0.152. The lowest BCUT2D eigenvalue weighted by Gasteiger charge is -2.10. The second-order valence-corrected chi connectivity index (χ2v) is 4.36. The van der Waals surface area contributed by atoms with Crippen LogP contribution < -0.4 is 5.32 Å². The highest BCUT2D eigenvalue weighted by Gasteiger charge is 2.20. The number of aromatic amines is 1. The summed E-state index contributed by atoms with van der Waals surface area (Å²) < 4.78 is 9.59. The lowest BCUT2D eigenvalue weighted by atomic mass is 10.1. The molecule has 2 N–H and O–H groups in total. The Labute approximate surface area is 126 Å². The molecule has 0 aliphatic carbocycles. The highest BCUT2D eigenvalue weighted by Crippen LogP contribution is 2.24. The molecule has 0 aliphatic rings. The normalized spacial score (nSPS) is 10.3. The Morgan fingerprint density at radius 2 is 1.86 bits per heavy atom. The van der Waals surface area contributed by atoms with Crippen molar-refractivity contribution in [3.63, 3.8) is 0 Å². The van der Waals surface area contributed by atoms with Crippen LogP contribution >= 0.6 is 0 Å². The first-order valence-corrected chi connectivity index (χ1v) is 6.83. The second-order valence-electron chi connectivity index (χ2n) is 4.36. The number of nitrogens with one attached hydrogen (secondary N) is 2. The summed E-state index contributed by atoms with van der Waals surface area (Å²) in [5.41, 5.74) is 1.07. The molecule has 7 nitrogen and oxygen atoms in total. The summed E-state index contributed by atoms with van der Waals surface area (Å²) in [5.74, 6) is -2.54. The highest BCUT2D eigenvalue weighted by atomic mass is 16.5. The molecule has 22 heavy (non-hydrogen) atoms. The Bertz CT molecular complexity index is 720. The Hall–Kier alpha value is -2.83. The van der Waals surface area contributed by atoms with E-state index in [4.69, 9.17) is 4.74 Å². The topological polar surface area (TPSA) is 97.5 Å². The number of anilines is 1. The molecule has 0 atom stereocenters. The predicted molar refractivity (Wildman–Crippen MR) is 79.5 cm³/mol. The van der Waals surface area contributed by atoms with Crippen LogP contribution in [-0.2, 0) is 19.1 Å². The van der Waals surface area contributed by atoms with E-state index in [2.05, 4.69) is 15.0 Å². The largest absolute Gasteiger partial charge is 0.462 e. The van der Waals surface area contributed by atoms with Crippen molar-refractivity contribution in [1.82, 2.24) is 4.98 Å². The third kappa shape index (κ3) is 3.25. The SMILES string of the molecule is CCOC(=O)C(=O)Nc1cc2[nH]ccc2cc1C(=O)OCC. The van der Waals surface area contributed by atoms with Gasteiger partial charge < -0.3 is 19.8 Å². The molecular weight excluding hydrogens is 288 g/mol. The Morgan fingerprint density at radius 3 is 2.55 bits per heavy atom. The van der Waals surface area contributed by atoms with Crippen LogP contribution in [0, 0.1) is 0 Å². The van der Waals surface area contributed by atoms with Crippen molar-refractivity contribution >= 4 is 34.4 Å². The second kappa shape index (κ2) is 6.75. The highest BCUT2D eigenvalue weighted by molar-refractivity contribution is 6.37. The summed E-state index contributed by atoms with van der Waals surface area (Å²) in [5, 5.41) is 3.17. The van der Waals surface area contributed by atoms with E-state index >= 15 is 0 Å². The third-order valence-electron chi connectivity index (χ3n) is 2.90. The van der Waals surface area contributed by atoms with E-state index < -0.39 is 17.8 Å². The zero-order valence-corrected chi connectivity index (χ0v) is 12.3. The minimum Gasteiger partial charge on any atom is -0.462 e. The van der Waals surface area contributed by atoms with Crippen molar-refractivity contribution < 1.29 is 23.9 Å². The minimum atomic E-state index is -1.01. The summed E-state index contributed by atoms with van der Waals surface area (Å²) in [7, 11) is 0. The van der Waals surface area contributed by atoms with E-state index in [1.807, 2.05) is 0 Å². The number of aromatic nitrogens is 1. The van der Waals surface area contributed by atoms with Gasteiger partial charge in [-0.3, -0.25) is 4.79 Å². The Morgan fingerprint density at radius 1 is 1.14 bits per heavy atom. The molecule has 0 aliphatic heterocycles. The zero-order chi connectivity index (χ0) is 16.1. The van der Waals surface area contributed by atoms with E-state index in [1.165, 1.54) is 0 Å². The first-order valence-electron chi connectivity index (χ1n) is 6.83. The first kappa shape index (κ1) is 15.6.